The predicted molar refractivity (Wildman–Crippen MR) is 95.8 cm³/mol. The minimum atomic E-state index is -4.76. The number of halogens is 5. The van der Waals surface area contributed by atoms with E-state index in [1.165, 1.54) is 24.3 Å². The molecule has 0 spiro atoms. The van der Waals surface area contributed by atoms with Gasteiger partial charge >= 0.3 is 13.5 Å². The second-order valence-electron chi connectivity index (χ2n) is 6.77. The molecule has 0 aliphatic carbocycles. The molecule has 168 valence electrons. The van der Waals surface area contributed by atoms with Crippen molar-refractivity contribution in [2.45, 2.75) is 70.1 Å². The maximum absolute atomic E-state index is 12.2. The molecular formula is C18H28BCl2F3NO4-. The van der Waals surface area contributed by atoms with E-state index in [0.717, 1.165) is 25.7 Å². The summed E-state index contributed by atoms with van der Waals surface area (Å²) in [6.45, 7) is 2.08. The highest BCUT2D eigenvalue weighted by atomic mass is 35.5. The first-order chi connectivity index (χ1) is 12.6. The molecule has 0 aliphatic rings. The summed E-state index contributed by atoms with van der Waals surface area (Å²) >= 11 is 0. The Hall–Kier alpha value is -0.995. The lowest BCUT2D eigenvalue weighted by molar-refractivity contribution is -0.404. The van der Waals surface area contributed by atoms with Gasteiger partial charge in [0.15, 0.2) is 5.78 Å². The smallest absolute Gasteiger partial charge is 0.573 e. The van der Waals surface area contributed by atoms with Crippen molar-refractivity contribution in [3.63, 3.8) is 0 Å². The fraction of sp³-hybridized carbons (Fsp3) is 0.611. The second-order valence-corrected chi connectivity index (χ2v) is 6.77. The molecule has 2 atom stereocenters. The molecule has 29 heavy (non-hydrogen) atoms. The molecule has 1 aromatic carbocycles. The normalized spacial score (nSPS) is 12.9. The predicted octanol–water partition coefficient (Wildman–Crippen LogP) is -3.48. The summed E-state index contributed by atoms with van der Waals surface area (Å²) in [6.07, 6.45) is -0.288. The molecule has 0 saturated carbocycles. The summed E-state index contributed by atoms with van der Waals surface area (Å²) in [7, 11) is -1.62. The van der Waals surface area contributed by atoms with Crippen molar-refractivity contribution >= 4 is 12.9 Å². The monoisotopic (exact) mass is 460 g/mol. The first-order valence-corrected chi connectivity index (χ1v) is 9.19. The minimum Gasteiger partial charge on any atom is -1.00 e. The van der Waals surface area contributed by atoms with Crippen LogP contribution in [0.15, 0.2) is 24.3 Å². The number of carbonyl (C=O) groups is 1. The van der Waals surface area contributed by atoms with E-state index in [-0.39, 0.29) is 61.7 Å². The number of rotatable bonds is 12. The van der Waals surface area contributed by atoms with Crippen LogP contribution in [-0.2, 0) is 11.2 Å². The summed E-state index contributed by atoms with van der Waals surface area (Å²) < 4.78 is 40.3. The Morgan fingerprint density at radius 3 is 2.21 bits per heavy atom. The van der Waals surface area contributed by atoms with Gasteiger partial charge < -0.3 is 45.3 Å². The number of benzene rings is 1. The Morgan fingerprint density at radius 1 is 1.14 bits per heavy atom. The molecule has 5 N–H and O–H groups in total. The molecule has 0 amide bonds. The van der Waals surface area contributed by atoms with Crippen molar-refractivity contribution in [3.8, 4) is 5.75 Å². The zero-order valence-electron chi connectivity index (χ0n) is 16.3. The number of quaternary nitrogens is 1. The van der Waals surface area contributed by atoms with Gasteiger partial charge in [-0.25, -0.2) is 0 Å². The summed E-state index contributed by atoms with van der Waals surface area (Å²) in [5.41, 5.74) is 4.50. The van der Waals surface area contributed by atoms with Gasteiger partial charge in [0.2, 0.25) is 0 Å². The number of unbranched alkanes of at least 4 members (excludes halogenated alkanes) is 2. The highest BCUT2D eigenvalue weighted by Gasteiger charge is 2.31. The third-order valence-corrected chi connectivity index (χ3v) is 4.45. The van der Waals surface area contributed by atoms with E-state index in [9.17, 15) is 28.0 Å². The molecule has 0 bridgehead atoms. The van der Waals surface area contributed by atoms with Crippen LogP contribution >= 0.6 is 0 Å². The van der Waals surface area contributed by atoms with E-state index in [1.807, 2.05) is 0 Å². The number of hydrogen-bond donors (Lipinski definition) is 3. The van der Waals surface area contributed by atoms with Gasteiger partial charge in [-0.2, -0.15) is 0 Å². The fourth-order valence-electron chi connectivity index (χ4n) is 2.82. The molecule has 0 fully saturated rings. The molecule has 0 unspecified atom stereocenters. The summed E-state index contributed by atoms with van der Waals surface area (Å²) in [4.78, 5) is 12.1. The van der Waals surface area contributed by atoms with E-state index in [1.54, 1.807) is 0 Å². The largest absolute Gasteiger partial charge is 1.00 e. The van der Waals surface area contributed by atoms with Crippen molar-refractivity contribution in [2.24, 2.45) is 0 Å². The van der Waals surface area contributed by atoms with Gasteiger partial charge in [0.25, 0.3) is 0 Å². The van der Waals surface area contributed by atoms with Crippen LogP contribution in [-0.4, -0.2) is 35.4 Å². The molecule has 0 saturated heterocycles. The SMILES string of the molecule is CCCCC[C@@H]([NH3+])C(=O)CC[C@@H](Cc1ccc(OC(F)(F)F)cc1)B(O)O.[Cl-].[Cl-]. The fourth-order valence-corrected chi connectivity index (χ4v) is 2.82. The third kappa shape index (κ3) is 13.0. The van der Waals surface area contributed by atoms with E-state index in [0.29, 0.717) is 5.56 Å². The average molecular weight is 461 g/mol. The molecule has 1 aromatic rings. The lowest BCUT2D eigenvalue weighted by Crippen LogP contribution is -3.00. The van der Waals surface area contributed by atoms with Gasteiger partial charge in [-0.1, -0.05) is 31.9 Å². The summed E-state index contributed by atoms with van der Waals surface area (Å²) in [6, 6.07) is 4.93. The standard InChI is InChI=1S/C18H27BF3NO4.2ClH/c1-2-3-4-5-16(23)17(24)11-8-14(19(25)26)12-13-6-9-15(10-7-13)27-18(20,21)22;;/h6-7,9-10,14,16,25-26H,2-5,8,11-12,23H2,1H3;2*1H/p-1/t14-,16+;;/m0../s1. The van der Waals surface area contributed by atoms with Crippen LogP contribution in [0.5, 0.6) is 5.75 Å². The first-order valence-electron chi connectivity index (χ1n) is 9.19. The topological polar surface area (TPSA) is 94.4 Å². The van der Waals surface area contributed by atoms with E-state index >= 15 is 0 Å². The Labute approximate surface area is 182 Å². The Balaban J connectivity index is 0. The maximum atomic E-state index is 12.2. The van der Waals surface area contributed by atoms with Crippen molar-refractivity contribution in [3.05, 3.63) is 29.8 Å². The quantitative estimate of drug-likeness (QED) is 0.223. The number of ether oxygens (including phenoxy) is 1. The molecule has 0 radical (unpaired) electrons. The van der Waals surface area contributed by atoms with Crippen molar-refractivity contribution in [2.75, 3.05) is 0 Å². The van der Waals surface area contributed by atoms with Crippen LogP contribution in [0.1, 0.15) is 51.0 Å². The van der Waals surface area contributed by atoms with Crippen LogP contribution in [0.3, 0.4) is 0 Å². The first kappa shape index (κ1) is 30.2. The maximum Gasteiger partial charge on any atom is 0.573 e. The van der Waals surface area contributed by atoms with Gasteiger partial charge in [0.05, 0.1) is 0 Å². The van der Waals surface area contributed by atoms with E-state index in [4.69, 9.17) is 0 Å². The molecule has 5 nitrogen and oxygen atoms in total. The van der Waals surface area contributed by atoms with Crippen LogP contribution in [0.25, 0.3) is 0 Å². The van der Waals surface area contributed by atoms with Crippen molar-refractivity contribution in [1.82, 2.24) is 0 Å². The summed E-state index contributed by atoms with van der Waals surface area (Å²) in [5.74, 6) is -0.939. The molecule has 0 aliphatic heterocycles. The average Bonchev–Trinajstić information content (AvgIpc) is 2.58. The molecule has 1 rings (SSSR count). The summed E-state index contributed by atoms with van der Waals surface area (Å²) in [5, 5.41) is 19.1. The van der Waals surface area contributed by atoms with Gasteiger partial charge in [-0.3, -0.25) is 4.79 Å². The van der Waals surface area contributed by atoms with Crippen molar-refractivity contribution < 1.29 is 63.3 Å². The number of hydrogen-bond acceptors (Lipinski definition) is 4. The van der Waals surface area contributed by atoms with Crippen molar-refractivity contribution in [1.29, 1.82) is 0 Å². The van der Waals surface area contributed by atoms with Crippen LogP contribution in [0.2, 0.25) is 5.82 Å². The third-order valence-electron chi connectivity index (χ3n) is 4.45. The number of Topliss-reactive ketones (excluding diaryl/α,β-unsaturated/α-hetero) is 1. The Kier molecular flexibility index (Phi) is 15.5. The van der Waals surface area contributed by atoms with Gasteiger partial charge in [-0.15, -0.1) is 13.2 Å². The highest BCUT2D eigenvalue weighted by molar-refractivity contribution is 6.43. The van der Waals surface area contributed by atoms with Crippen LogP contribution in [0.4, 0.5) is 13.2 Å². The molecular weight excluding hydrogens is 433 g/mol. The number of ketones is 1. The highest BCUT2D eigenvalue weighted by Crippen LogP contribution is 2.26. The Bertz CT molecular complexity index is 577. The van der Waals surface area contributed by atoms with Crippen LogP contribution < -0.4 is 35.3 Å². The number of carbonyl (C=O) groups excluding carboxylic acids is 1. The van der Waals surface area contributed by atoms with Gasteiger partial charge in [0, 0.05) is 12.8 Å². The zero-order chi connectivity index (χ0) is 20.4. The van der Waals surface area contributed by atoms with Gasteiger partial charge in [0.1, 0.15) is 11.8 Å². The molecule has 0 aromatic heterocycles. The minimum absolute atomic E-state index is 0. The second kappa shape index (κ2) is 14.9. The number of alkyl halides is 3. The zero-order valence-corrected chi connectivity index (χ0v) is 17.8. The lowest BCUT2D eigenvalue weighted by Gasteiger charge is -2.17. The van der Waals surface area contributed by atoms with E-state index in [2.05, 4.69) is 17.4 Å². The molecule has 0 heterocycles. The molecule has 11 heteroatoms. The Morgan fingerprint density at radius 2 is 1.72 bits per heavy atom. The van der Waals surface area contributed by atoms with Gasteiger partial charge in [-0.05, 0) is 42.8 Å². The lowest BCUT2D eigenvalue weighted by atomic mass is 9.67. The van der Waals surface area contributed by atoms with E-state index < -0.39 is 19.3 Å². The van der Waals surface area contributed by atoms with Crippen LogP contribution in [0, 0.1) is 0 Å².